The van der Waals surface area contributed by atoms with Crippen molar-refractivity contribution >= 4 is 11.6 Å². The van der Waals surface area contributed by atoms with Crippen molar-refractivity contribution in [1.82, 2.24) is 35.9 Å². The zero-order chi connectivity index (χ0) is 16.9. The van der Waals surface area contributed by atoms with Crippen LogP contribution in [0.3, 0.4) is 0 Å². The highest BCUT2D eigenvalue weighted by Crippen LogP contribution is 2.11. The Labute approximate surface area is 136 Å². The molecule has 2 aromatic heterocycles. The Morgan fingerprint density at radius 3 is 2.79 bits per heavy atom. The molecular formula is C14H14N8O2. The predicted molar refractivity (Wildman–Crippen MR) is 82.6 cm³/mol. The van der Waals surface area contributed by atoms with Crippen molar-refractivity contribution in [2.24, 2.45) is 5.10 Å². The summed E-state index contributed by atoms with van der Waals surface area (Å²) in [6.45, 7) is 3.32. The number of aryl methyl sites for hydroxylation is 1. The molecule has 3 aromatic rings. The van der Waals surface area contributed by atoms with E-state index in [0.717, 1.165) is 5.56 Å². The van der Waals surface area contributed by atoms with Gasteiger partial charge in [-0.15, -0.1) is 10.2 Å². The Kier molecular flexibility index (Phi) is 4.36. The minimum atomic E-state index is -0.388. The number of carbonyl (C=O) groups excluding carboxylic acids is 1. The first-order chi connectivity index (χ1) is 11.6. The summed E-state index contributed by atoms with van der Waals surface area (Å²) >= 11 is 0. The van der Waals surface area contributed by atoms with E-state index < -0.39 is 0 Å². The second-order valence-electron chi connectivity index (χ2n) is 4.94. The minimum Gasteiger partial charge on any atom is -0.271 e. The first-order valence-corrected chi connectivity index (χ1v) is 7.09. The number of carbonyl (C=O) groups is 1. The van der Waals surface area contributed by atoms with E-state index in [1.165, 1.54) is 4.80 Å². The summed E-state index contributed by atoms with van der Waals surface area (Å²) in [5.41, 5.74) is 4.80. The molecule has 24 heavy (non-hydrogen) atoms. The topological polar surface area (TPSA) is 124 Å². The monoisotopic (exact) mass is 326 g/mol. The summed E-state index contributed by atoms with van der Waals surface area (Å²) in [5.74, 6) is 0.0628. The molecule has 1 aromatic carbocycles. The molecule has 0 spiro atoms. The number of tetrazole rings is 1. The van der Waals surface area contributed by atoms with E-state index in [1.807, 2.05) is 30.3 Å². The van der Waals surface area contributed by atoms with E-state index in [4.69, 9.17) is 0 Å². The van der Waals surface area contributed by atoms with Gasteiger partial charge in [0.1, 0.15) is 12.2 Å². The lowest BCUT2D eigenvalue weighted by molar-refractivity contribution is -0.122. The Bertz CT molecular complexity index is 868. The normalized spacial score (nSPS) is 11.5. The van der Waals surface area contributed by atoms with Crippen LogP contribution >= 0.6 is 0 Å². The molecule has 0 atom stereocenters. The second kappa shape index (κ2) is 6.77. The molecule has 0 saturated heterocycles. The molecule has 0 unspecified atom stereocenters. The van der Waals surface area contributed by atoms with Gasteiger partial charge in [-0.1, -0.05) is 35.5 Å². The van der Waals surface area contributed by atoms with Crippen molar-refractivity contribution in [2.45, 2.75) is 20.4 Å². The average Bonchev–Trinajstić information content (AvgIpc) is 3.22. The fraction of sp³-hybridized carbons (Fsp3) is 0.214. The number of nitrogens with zero attached hydrogens (tertiary/aromatic N) is 7. The predicted octanol–water partition coefficient (Wildman–Crippen LogP) is 0.572. The van der Waals surface area contributed by atoms with E-state index in [-0.39, 0.29) is 12.5 Å². The van der Waals surface area contributed by atoms with Gasteiger partial charge in [-0.25, -0.2) is 10.1 Å². The van der Waals surface area contributed by atoms with Crippen LogP contribution in [0.4, 0.5) is 0 Å². The molecule has 0 radical (unpaired) electrons. The molecule has 122 valence electrons. The molecule has 0 aliphatic heterocycles. The lowest BCUT2D eigenvalue weighted by Gasteiger charge is -2.00. The van der Waals surface area contributed by atoms with Gasteiger partial charge in [0, 0.05) is 5.56 Å². The molecule has 0 fully saturated rings. The first-order valence-electron chi connectivity index (χ1n) is 7.09. The lowest BCUT2D eigenvalue weighted by atomic mass is 10.2. The van der Waals surface area contributed by atoms with Gasteiger partial charge in [0.2, 0.25) is 5.82 Å². The van der Waals surface area contributed by atoms with Crippen molar-refractivity contribution in [3.05, 3.63) is 41.7 Å². The van der Waals surface area contributed by atoms with E-state index in [2.05, 4.69) is 40.9 Å². The summed E-state index contributed by atoms with van der Waals surface area (Å²) < 4.78 is 4.59. The van der Waals surface area contributed by atoms with Gasteiger partial charge < -0.3 is 0 Å². The fourth-order valence-electron chi connectivity index (χ4n) is 1.94. The molecule has 2 heterocycles. The molecule has 0 aliphatic carbocycles. The van der Waals surface area contributed by atoms with Crippen LogP contribution in [0.25, 0.3) is 11.4 Å². The van der Waals surface area contributed by atoms with Gasteiger partial charge in [0.25, 0.3) is 5.91 Å². The molecule has 1 N–H and O–H groups in total. The molecule has 0 aliphatic rings. The van der Waals surface area contributed by atoms with Crippen LogP contribution < -0.4 is 5.43 Å². The third-order valence-corrected chi connectivity index (χ3v) is 3.11. The maximum atomic E-state index is 11.9. The van der Waals surface area contributed by atoms with Gasteiger partial charge in [0.05, 0.1) is 5.71 Å². The number of aromatic nitrogens is 6. The van der Waals surface area contributed by atoms with Crippen molar-refractivity contribution in [3.63, 3.8) is 0 Å². The van der Waals surface area contributed by atoms with Crippen LogP contribution in [-0.4, -0.2) is 42.1 Å². The number of hydrogen-bond donors (Lipinski definition) is 1. The van der Waals surface area contributed by atoms with Crippen LogP contribution in [0, 0.1) is 6.92 Å². The molecule has 3 rings (SSSR count). The van der Waals surface area contributed by atoms with Crippen molar-refractivity contribution in [1.29, 1.82) is 0 Å². The molecule has 10 nitrogen and oxygen atoms in total. The number of hydrogen-bond acceptors (Lipinski definition) is 8. The van der Waals surface area contributed by atoms with Gasteiger partial charge in [-0.3, -0.25) is 4.79 Å². The van der Waals surface area contributed by atoms with Crippen LogP contribution in [0.15, 0.2) is 40.1 Å². The summed E-state index contributed by atoms with van der Waals surface area (Å²) in [6, 6.07) is 9.38. The Balaban J connectivity index is 1.62. The Morgan fingerprint density at radius 2 is 2.08 bits per heavy atom. The van der Waals surface area contributed by atoms with Crippen molar-refractivity contribution in [2.75, 3.05) is 0 Å². The number of amides is 1. The minimum absolute atomic E-state index is 0.105. The SMILES string of the molecule is CC(=NNC(=O)Cn1nnc(-c2ccccc2)n1)c1nonc1C. The van der Waals surface area contributed by atoms with Crippen molar-refractivity contribution < 1.29 is 9.42 Å². The summed E-state index contributed by atoms with van der Waals surface area (Å²) in [5, 5.41) is 23.2. The van der Waals surface area contributed by atoms with Crippen LogP contribution in [-0.2, 0) is 11.3 Å². The molecule has 10 heteroatoms. The van der Waals surface area contributed by atoms with Crippen LogP contribution in [0.2, 0.25) is 0 Å². The highest BCUT2D eigenvalue weighted by molar-refractivity contribution is 5.98. The quantitative estimate of drug-likeness (QED) is 0.537. The summed E-state index contributed by atoms with van der Waals surface area (Å²) in [7, 11) is 0. The third-order valence-electron chi connectivity index (χ3n) is 3.11. The largest absolute Gasteiger partial charge is 0.271 e. The number of benzene rings is 1. The number of rotatable bonds is 5. The summed E-state index contributed by atoms with van der Waals surface area (Å²) in [6.07, 6.45) is 0. The molecule has 1 amide bonds. The van der Waals surface area contributed by atoms with Crippen LogP contribution in [0.1, 0.15) is 18.3 Å². The number of nitrogens with one attached hydrogen (secondary N) is 1. The standard InChI is InChI=1S/C14H14N8O2/c1-9(13-10(2)19-24-20-13)15-16-12(23)8-22-18-14(17-21-22)11-6-4-3-5-7-11/h3-7H,8H2,1-2H3,(H,16,23). The maximum absolute atomic E-state index is 11.9. The molecular weight excluding hydrogens is 312 g/mol. The second-order valence-corrected chi connectivity index (χ2v) is 4.94. The van der Waals surface area contributed by atoms with Gasteiger partial charge >= 0.3 is 0 Å². The van der Waals surface area contributed by atoms with E-state index in [1.54, 1.807) is 13.8 Å². The van der Waals surface area contributed by atoms with Gasteiger partial charge in [0.15, 0.2) is 5.69 Å². The lowest BCUT2D eigenvalue weighted by Crippen LogP contribution is -2.25. The number of hydrazone groups is 1. The van der Waals surface area contributed by atoms with Gasteiger partial charge in [-0.2, -0.15) is 9.90 Å². The third kappa shape index (κ3) is 3.48. The highest BCUT2D eigenvalue weighted by Gasteiger charge is 2.11. The van der Waals surface area contributed by atoms with E-state index in [0.29, 0.717) is 22.9 Å². The Morgan fingerprint density at radius 1 is 1.29 bits per heavy atom. The highest BCUT2D eigenvalue weighted by atomic mass is 16.6. The summed E-state index contributed by atoms with van der Waals surface area (Å²) in [4.78, 5) is 13.1. The molecule has 0 bridgehead atoms. The maximum Gasteiger partial charge on any atom is 0.263 e. The van der Waals surface area contributed by atoms with E-state index >= 15 is 0 Å². The Hall–Kier alpha value is -3.43. The fourth-order valence-corrected chi connectivity index (χ4v) is 1.94. The molecule has 0 saturated carbocycles. The van der Waals surface area contributed by atoms with E-state index in [9.17, 15) is 4.79 Å². The average molecular weight is 326 g/mol. The first kappa shape index (κ1) is 15.5. The zero-order valence-electron chi connectivity index (χ0n) is 13.0. The van der Waals surface area contributed by atoms with Gasteiger partial charge in [-0.05, 0) is 24.2 Å². The van der Waals surface area contributed by atoms with Crippen LogP contribution in [0.5, 0.6) is 0 Å². The smallest absolute Gasteiger partial charge is 0.263 e. The zero-order valence-corrected chi connectivity index (χ0v) is 13.0. The van der Waals surface area contributed by atoms with Crippen molar-refractivity contribution in [3.8, 4) is 11.4 Å².